The number of hydrogen-bond acceptors (Lipinski definition) is 4. The normalized spacial score (nSPS) is 13.1. The van der Waals surface area contributed by atoms with Crippen molar-refractivity contribution in [1.82, 2.24) is 19.9 Å². The molecule has 1 aliphatic rings. The molecule has 1 aliphatic carbocycles. The van der Waals surface area contributed by atoms with E-state index in [0.717, 1.165) is 61.9 Å². The molecule has 5 aromatic carbocycles. The fourth-order valence-electron chi connectivity index (χ4n) is 7.19. The lowest BCUT2D eigenvalue weighted by atomic mass is 9.83. The van der Waals surface area contributed by atoms with Gasteiger partial charge in [0.15, 0.2) is 5.82 Å². The molecule has 8 aromatic rings. The molecule has 4 nitrogen and oxygen atoms in total. The summed E-state index contributed by atoms with van der Waals surface area (Å²) in [6, 6.07) is 48.7. The van der Waals surface area contributed by atoms with Crippen LogP contribution in [-0.2, 0) is 5.41 Å². The molecule has 0 N–H and O–H groups in total. The van der Waals surface area contributed by atoms with Crippen molar-refractivity contribution in [3.05, 3.63) is 157 Å². The third-order valence-electron chi connectivity index (χ3n) is 9.45. The van der Waals surface area contributed by atoms with Crippen LogP contribution in [0, 0.1) is 0 Å². The molecule has 0 atom stereocenters. The Morgan fingerprint density at radius 2 is 1.17 bits per heavy atom. The second kappa shape index (κ2) is 10.5. The van der Waals surface area contributed by atoms with Crippen molar-refractivity contribution in [2.24, 2.45) is 0 Å². The van der Waals surface area contributed by atoms with Gasteiger partial charge in [-0.15, -0.1) is 0 Å². The maximum Gasteiger partial charge on any atom is 0.160 e. The highest BCUT2D eigenvalue weighted by molar-refractivity contribution is 6.13. The van der Waals surface area contributed by atoms with Crippen LogP contribution in [0.15, 0.2) is 146 Å². The molecule has 0 saturated carbocycles. The summed E-state index contributed by atoms with van der Waals surface area (Å²) in [7, 11) is 0. The van der Waals surface area contributed by atoms with Gasteiger partial charge >= 0.3 is 0 Å². The molecular weight excluding hydrogens is 573 g/mol. The third kappa shape index (κ3) is 4.37. The number of benzene rings is 5. The van der Waals surface area contributed by atoms with E-state index in [1.165, 1.54) is 21.5 Å². The minimum Gasteiger partial charge on any atom is -0.256 e. The lowest BCUT2D eigenvalue weighted by Gasteiger charge is -2.23. The van der Waals surface area contributed by atoms with Crippen LogP contribution < -0.4 is 0 Å². The minimum absolute atomic E-state index is 0.424. The number of aromatic nitrogens is 4. The van der Waals surface area contributed by atoms with Crippen LogP contribution >= 0.6 is 0 Å². The summed E-state index contributed by atoms with van der Waals surface area (Å²) in [4.78, 5) is 20.6. The van der Waals surface area contributed by atoms with Gasteiger partial charge < -0.3 is 0 Å². The highest BCUT2D eigenvalue weighted by atomic mass is 14.9. The Balaban J connectivity index is 1.26. The Hall–Kier alpha value is -6.00. The molecular formula is C43H30N4. The van der Waals surface area contributed by atoms with Crippen molar-refractivity contribution < 1.29 is 0 Å². The average molecular weight is 603 g/mol. The van der Waals surface area contributed by atoms with Crippen molar-refractivity contribution in [1.29, 1.82) is 0 Å². The SMILES string of the molecule is CC1(C)c2nc(-c3cc4ccccc4c4ccccc34)ccc2-c2nc(-c3cccc(-c4ccccn4)c3)nc(-c3ccccc3)c21. The first-order valence-electron chi connectivity index (χ1n) is 16.0. The van der Waals surface area contributed by atoms with Crippen LogP contribution in [0.1, 0.15) is 25.1 Å². The summed E-state index contributed by atoms with van der Waals surface area (Å²) in [6.45, 7) is 4.51. The number of hydrogen-bond donors (Lipinski definition) is 0. The standard InChI is InChI=1S/C43H30N4/c1-43(2)38-39(27-13-4-3-5-14-27)46-42(30-17-12-16-29(25-30)36-21-10-11-24-44-36)47-40(38)34-22-23-37(45-41(34)43)35-26-28-15-6-7-18-31(28)32-19-8-9-20-33(32)35/h3-26H,1-2H3. The Labute approximate surface area is 273 Å². The summed E-state index contributed by atoms with van der Waals surface area (Å²) in [5, 5.41) is 4.90. The topological polar surface area (TPSA) is 51.6 Å². The van der Waals surface area contributed by atoms with Gasteiger partial charge in [-0.1, -0.05) is 103 Å². The Morgan fingerprint density at radius 1 is 0.468 bits per heavy atom. The van der Waals surface area contributed by atoms with Crippen molar-refractivity contribution in [2.45, 2.75) is 19.3 Å². The zero-order valence-electron chi connectivity index (χ0n) is 26.1. The van der Waals surface area contributed by atoms with Gasteiger partial charge in [0.05, 0.1) is 28.5 Å². The van der Waals surface area contributed by atoms with Gasteiger partial charge in [0, 0.05) is 45.0 Å². The molecule has 9 rings (SSSR count). The Morgan fingerprint density at radius 3 is 2.00 bits per heavy atom. The van der Waals surface area contributed by atoms with E-state index in [-0.39, 0.29) is 0 Å². The van der Waals surface area contributed by atoms with Crippen LogP contribution in [0.3, 0.4) is 0 Å². The van der Waals surface area contributed by atoms with Crippen molar-refractivity contribution >= 4 is 21.5 Å². The molecule has 3 heterocycles. The predicted octanol–water partition coefficient (Wildman–Crippen LogP) is 10.5. The zero-order valence-corrected chi connectivity index (χ0v) is 26.1. The third-order valence-corrected chi connectivity index (χ3v) is 9.45. The van der Waals surface area contributed by atoms with Gasteiger partial charge in [-0.25, -0.2) is 9.97 Å². The van der Waals surface area contributed by atoms with E-state index in [1.807, 2.05) is 30.5 Å². The zero-order chi connectivity index (χ0) is 31.5. The molecule has 222 valence electrons. The fraction of sp³-hybridized carbons (Fsp3) is 0.0698. The minimum atomic E-state index is -0.424. The quantitative estimate of drug-likeness (QED) is 0.188. The Bertz CT molecular complexity index is 2480. The molecule has 0 spiro atoms. The van der Waals surface area contributed by atoms with Crippen molar-refractivity contribution in [2.75, 3.05) is 0 Å². The van der Waals surface area contributed by atoms with E-state index in [4.69, 9.17) is 15.0 Å². The molecule has 3 aromatic heterocycles. The van der Waals surface area contributed by atoms with E-state index in [9.17, 15) is 0 Å². The van der Waals surface area contributed by atoms with Crippen LogP contribution in [-0.4, -0.2) is 19.9 Å². The molecule has 0 unspecified atom stereocenters. The maximum absolute atomic E-state index is 5.46. The van der Waals surface area contributed by atoms with Gasteiger partial charge in [-0.05, 0) is 71.8 Å². The maximum atomic E-state index is 5.46. The van der Waals surface area contributed by atoms with Gasteiger partial charge in [-0.2, -0.15) is 0 Å². The molecule has 0 saturated heterocycles. The van der Waals surface area contributed by atoms with Gasteiger partial charge in [0.2, 0.25) is 0 Å². The largest absolute Gasteiger partial charge is 0.256 e. The summed E-state index contributed by atoms with van der Waals surface area (Å²) in [6.07, 6.45) is 1.82. The van der Waals surface area contributed by atoms with Crippen molar-refractivity contribution in [3.63, 3.8) is 0 Å². The molecule has 0 aliphatic heterocycles. The van der Waals surface area contributed by atoms with Crippen LogP contribution in [0.2, 0.25) is 0 Å². The average Bonchev–Trinajstić information content (AvgIpc) is 3.37. The van der Waals surface area contributed by atoms with Crippen LogP contribution in [0.25, 0.3) is 78.0 Å². The van der Waals surface area contributed by atoms with E-state index in [0.29, 0.717) is 5.82 Å². The second-order valence-electron chi connectivity index (χ2n) is 12.7. The number of pyridine rings is 2. The molecule has 4 heteroatoms. The number of fused-ring (bicyclic) bond motifs is 6. The summed E-state index contributed by atoms with van der Waals surface area (Å²) in [5.74, 6) is 0.689. The van der Waals surface area contributed by atoms with Crippen LogP contribution in [0.5, 0.6) is 0 Å². The first-order valence-corrected chi connectivity index (χ1v) is 16.0. The highest BCUT2D eigenvalue weighted by Crippen LogP contribution is 2.51. The lowest BCUT2D eigenvalue weighted by Crippen LogP contribution is -2.19. The molecule has 0 bridgehead atoms. The lowest BCUT2D eigenvalue weighted by molar-refractivity contribution is 0.636. The fourth-order valence-corrected chi connectivity index (χ4v) is 7.19. The monoisotopic (exact) mass is 602 g/mol. The predicted molar refractivity (Wildman–Crippen MR) is 192 cm³/mol. The molecule has 0 amide bonds. The molecule has 0 radical (unpaired) electrons. The van der Waals surface area contributed by atoms with Gasteiger partial charge in [0.1, 0.15) is 0 Å². The highest BCUT2D eigenvalue weighted by Gasteiger charge is 2.42. The van der Waals surface area contributed by atoms with Gasteiger partial charge in [0.25, 0.3) is 0 Å². The second-order valence-corrected chi connectivity index (χ2v) is 12.7. The van der Waals surface area contributed by atoms with E-state index < -0.39 is 5.41 Å². The van der Waals surface area contributed by atoms with E-state index in [2.05, 4.69) is 134 Å². The van der Waals surface area contributed by atoms with Crippen LogP contribution in [0.4, 0.5) is 0 Å². The van der Waals surface area contributed by atoms with Gasteiger partial charge in [-0.3, -0.25) is 9.97 Å². The number of nitrogens with zero attached hydrogens (tertiary/aromatic N) is 4. The molecule has 0 fully saturated rings. The first-order chi connectivity index (χ1) is 23.1. The summed E-state index contributed by atoms with van der Waals surface area (Å²) < 4.78 is 0. The smallest absolute Gasteiger partial charge is 0.160 e. The Kier molecular flexibility index (Phi) is 6.12. The summed E-state index contributed by atoms with van der Waals surface area (Å²) >= 11 is 0. The van der Waals surface area contributed by atoms with E-state index >= 15 is 0 Å². The first kappa shape index (κ1) is 27.3. The molecule has 47 heavy (non-hydrogen) atoms. The van der Waals surface area contributed by atoms with Crippen molar-refractivity contribution in [3.8, 4) is 56.4 Å². The summed E-state index contributed by atoms with van der Waals surface area (Å²) in [5.41, 5.74) is 10.7. The van der Waals surface area contributed by atoms with E-state index in [1.54, 1.807) is 0 Å². The number of rotatable bonds is 4.